The summed E-state index contributed by atoms with van der Waals surface area (Å²) in [6, 6.07) is -0.0867. The highest BCUT2D eigenvalue weighted by molar-refractivity contribution is 7.91. The molecular formula is C19H24F2N4O7S. The van der Waals surface area contributed by atoms with Crippen LogP contribution in [0.5, 0.6) is 0 Å². The molecule has 2 amide bonds. The van der Waals surface area contributed by atoms with E-state index < -0.39 is 63.8 Å². The van der Waals surface area contributed by atoms with Gasteiger partial charge in [-0.15, -0.1) is 0 Å². The summed E-state index contributed by atoms with van der Waals surface area (Å²) in [5.41, 5.74) is -0.302. The van der Waals surface area contributed by atoms with E-state index in [1.54, 1.807) is 0 Å². The first-order valence-electron chi connectivity index (χ1n) is 9.57. The lowest BCUT2D eigenvalue weighted by Gasteiger charge is -2.31. The normalized spacial score (nSPS) is 15.2. The molecule has 11 nitrogen and oxygen atoms in total. The third-order valence-electron chi connectivity index (χ3n) is 4.41. The van der Waals surface area contributed by atoms with E-state index in [1.165, 1.54) is 13.8 Å². The number of hydrogen-bond acceptors (Lipinski definition) is 8. The molecule has 0 radical (unpaired) electrons. The molecule has 33 heavy (non-hydrogen) atoms. The van der Waals surface area contributed by atoms with E-state index in [0.717, 1.165) is 24.7 Å². The molecule has 0 bridgehead atoms. The van der Waals surface area contributed by atoms with Crippen LogP contribution in [0.15, 0.2) is 28.9 Å². The lowest BCUT2D eigenvalue weighted by Crippen LogP contribution is -2.55. The number of benzene rings is 1. The van der Waals surface area contributed by atoms with Crippen molar-refractivity contribution in [2.24, 2.45) is 0 Å². The van der Waals surface area contributed by atoms with Gasteiger partial charge in [0.15, 0.2) is 5.69 Å². The molecule has 0 aliphatic rings. The molecule has 1 heterocycles. The first-order chi connectivity index (χ1) is 15.2. The summed E-state index contributed by atoms with van der Waals surface area (Å²) in [6.07, 6.45) is -1.87. The highest BCUT2D eigenvalue weighted by Crippen LogP contribution is 2.16. The van der Waals surface area contributed by atoms with Crippen molar-refractivity contribution in [3.05, 3.63) is 47.4 Å². The van der Waals surface area contributed by atoms with Crippen LogP contribution in [0.2, 0.25) is 0 Å². The molecule has 1 aromatic heterocycles. The van der Waals surface area contributed by atoms with Gasteiger partial charge in [0.1, 0.15) is 30.1 Å². The van der Waals surface area contributed by atoms with E-state index in [2.05, 4.69) is 15.6 Å². The Labute approximate surface area is 188 Å². The Bertz CT molecular complexity index is 1090. The summed E-state index contributed by atoms with van der Waals surface area (Å²) in [6.45, 7) is 2.62. The minimum Gasteiger partial charge on any atom is -0.431 e. The van der Waals surface area contributed by atoms with Gasteiger partial charge >= 0.3 is 6.01 Å². The van der Waals surface area contributed by atoms with Gasteiger partial charge < -0.3 is 25.3 Å². The van der Waals surface area contributed by atoms with Crippen molar-refractivity contribution in [3.63, 3.8) is 0 Å². The molecule has 0 spiro atoms. The quantitative estimate of drug-likeness (QED) is 0.308. The van der Waals surface area contributed by atoms with Crippen LogP contribution >= 0.6 is 0 Å². The Morgan fingerprint density at radius 2 is 1.73 bits per heavy atom. The number of hydrogen-bond donors (Lipinski definition) is 5. The van der Waals surface area contributed by atoms with E-state index >= 15 is 0 Å². The van der Waals surface area contributed by atoms with Crippen molar-refractivity contribution in [1.82, 2.24) is 15.6 Å². The first kappa shape index (κ1) is 26.2. The Morgan fingerprint density at radius 1 is 1.12 bits per heavy atom. The second-order valence-corrected chi connectivity index (χ2v) is 9.19. The van der Waals surface area contributed by atoms with Crippen molar-refractivity contribution in [3.8, 4) is 0 Å². The molecule has 182 valence electrons. The second kappa shape index (κ2) is 10.7. The number of nitrogens with one attached hydrogen (secondary N) is 3. The van der Waals surface area contributed by atoms with Gasteiger partial charge in [0, 0.05) is 13.0 Å². The Kier molecular flexibility index (Phi) is 8.46. The highest BCUT2D eigenvalue weighted by Gasteiger charge is 2.33. The molecule has 0 aliphatic carbocycles. The first-order valence-corrected chi connectivity index (χ1v) is 11.5. The van der Waals surface area contributed by atoms with Gasteiger partial charge in [-0.2, -0.15) is 4.98 Å². The van der Waals surface area contributed by atoms with Gasteiger partial charge in [-0.3, -0.25) is 9.59 Å². The maximum absolute atomic E-state index is 13.6. The van der Waals surface area contributed by atoms with Crippen LogP contribution in [0.3, 0.4) is 0 Å². The molecule has 2 aromatic rings. The van der Waals surface area contributed by atoms with E-state index in [1.807, 2.05) is 4.72 Å². The minimum absolute atomic E-state index is 0.0656. The van der Waals surface area contributed by atoms with Crippen LogP contribution in [-0.2, 0) is 21.2 Å². The zero-order valence-corrected chi connectivity index (χ0v) is 18.7. The number of halogens is 2. The van der Waals surface area contributed by atoms with Crippen molar-refractivity contribution in [2.75, 3.05) is 11.0 Å². The largest absolute Gasteiger partial charge is 0.431 e. The van der Waals surface area contributed by atoms with E-state index in [-0.39, 0.29) is 17.7 Å². The third-order valence-corrected chi connectivity index (χ3v) is 4.95. The van der Waals surface area contributed by atoms with Crippen LogP contribution in [0.4, 0.5) is 14.8 Å². The van der Waals surface area contributed by atoms with Crippen LogP contribution in [0.25, 0.3) is 0 Å². The highest BCUT2D eigenvalue weighted by atomic mass is 32.2. The molecule has 0 saturated carbocycles. The number of anilines is 1. The topological polar surface area (TPSA) is 171 Å². The minimum atomic E-state index is -3.72. The SMILES string of the molecule is CC(=O)N[C@@H](C)[C@@H](O)[C@H](O)[C@@H](Cc1cc(F)cc(F)c1)NC(=O)c1coc(NS(C)(=O)=O)n1. The predicted molar refractivity (Wildman–Crippen MR) is 112 cm³/mol. The number of aliphatic hydroxyl groups is 2. The summed E-state index contributed by atoms with van der Waals surface area (Å²) in [4.78, 5) is 27.5. The zero-order chi connectivity index (χ0) is 24.9. The third kappa shape index (κ3) is 8.07. The molecule has 0 unspecified atom stereocenters. The average molecular weight is 490 g/mol. The van der Waals surface area contributed by atoms with Crippen LogP contribution in [0.1, 0.15) is 29.9 Å². The fourth-order valence-electron chi connectivity index (χ4n) is 3.01. The lowest BCUT2D eigenvalue weighted by atomic mass is 9.94. The van der Waals surface area contributed by atoms with E-state index in [0.29, 0.717) is 6.07 Å². The molecule has 0 aliphatic heterocycles. The number of amides is 2. The van der Waals surface area contributed by atoms with Gasteiger partial charge in [0.2, 0.25) is 15.9 Å². The molecule has 14 heteroatoms. The lowest BCUT2D eigenvalue weighted by molar-refractivity contribution is -0.121. The number of rotatable bonds is 10. The van der Waals surface area contributed by atoms with Crippen LogP contribution in [-0.4, -0.2) is 66.0 Å². The Hall–Kier alpha value is -3.10. The number of nitrogens with zero attached hydrogens (tertiary/aromatic N) is 1. The second-order valence-electron chi connectivity index (χ2n) is 7.44. The van der Waals surface area contributed by atoms with E-state index in [4.69, 9.17) is 4.42 Å². The summed E-state index contributed by atoms with van der Waals surface area (Å²) in [5.74, 6) is -3.18. The fraction of sp³-hybridized carbons (Fsp3) is 0.421. The van der Waals surface area contributed by atoms with E-state index in [9.17, 15) is 37.0 Å². The predicted octanol–water partition coefficient (Wildman–Crippen LogP) is -0.0882. The maximum Gasteiger partial charge on any atom is 0.309 e. The number of oxazole rings is 1. The summed E-state index contributed by atoms with van der Waals surface area (Å²) < 4.78 is 56.5. The van der Waals surface area contributed by atoms with Gasteiger partial charge in [-0.25, -0.2) is 21.9 Å². The zero-order valence-electron chi connectivity index (χ0n) is 17.9. The molecule has 4 atom stereocenters. The molecule has 2 rings (SSSR count). The van der Waals surface area contributed by atoms with Gasteiger partial charge in [-0.1, -0.05) is 0 Å². The van der Waals surface area contributed by atoms with Crippen molar-refractivity contribution in [2.45, 2.75) is 44.6 Å². The number of aromatic nitrogens is 1. The van der Waals surface area contributed by atoms with Crippen LogP contribution in [0, 0.1) is 11.6 Å². The van der Waals surface area contributed by atoms with Crippen molar-refractivity contribution >= 4 is 27.9 Å². The van der Waals surface area contributed by atoms with Crippen molar-refractivity contribution < 1.29 is 41.4 Å². The van der Waals surface area contributed by atoms with Crippen molar-refractivity contribution in [1.29, 1.82) is 0 Å². The number of sulfonamides is 1. The standard InChI is InChI=1S/C19H24F2N4O7S/c1-9(22-10(2)26)16(27)17(28)14(6-11-4-12(20)7-13(21)5-11)23-18(29)15-8-32-19(24-15)25-33(3,30)31/h4-5,7-9,14,16-17,27-28H,6H2,1-3H3,(H,22,26)(H,23,29)(H,24,25)/t9-,14+,16+,17+/m0/s1. The fourth-order valence-corrected chi connectivity index (χ4v) is 3.42. The van der Waals surface area contributed by atoms with Crippen LogP contribution < -0.4 is 15.4 Å². The smallest absolute Gasteiger partial charge is 0.309 e. The van der Waals surface area contributed by atoms with Gasteiger partial charge in [0.05, 0.1) is 18.3 Å². The number of carbonyl (C=O) groups excluding carboxylic acids is 2. The number of aliphatic hydroxyl groups excluding tert-OH is 2. The van der Waals surface area contributed by atoms with Gasteiger partial charge in [-0.05, 0) is 31.0 Å². The molecule has 1 aromatic carbocycles. The molecule has 0 saturated heterocycles. The summed E-state index contributed by atoms with van der Waals surface area (Å²) >= 11 is 0. The average Bonchev–Trinajstić information content (AvgIpc) is 3.11. The maximum atomic E-state index is 13.6. The molecule has 5 N–H and O–H groups in total. The summed E-state index contributed by atoms with van der Waals surface area (Å²) in [7, 11) is -3.72. The number of carbonyl (C=O) groups is 2. The monoisotopic (exact) mass is 490 g/mol. The molecule has 0 fully saturated rings. The Morgan fingerprint density at radius 3 is 2.27 bits per heavy atom. The van der Waals surface area contributed by atoms with Gasteiger partial charge in [0.25, 0.3) is 5.91 Å². The summed E-state index contributed by atoms with van der Waals surface area (Å²) in [5, 5.41) is 25.9. The molecular weight excluding hydrogens is 466 g/mol. The Balaban J connectivity index is 2.27.